The molecule has 0 aliphatic heterocycles. The third kappa shape index (κ3) is 6.67. The van der Waals surface area contributed by atoms with Gasteiger partial charge in [0.2, 0.25) is 0 Å². The first-order valence-electron chi connectivity index (χ1n) is 10.4. The quantitative estimate of drug-likeness (QED) is 0.106. The van der Waals surface area contributed by atoms with Crippen LogP contribution in [0.1, 0.15) is 29.8 Å². The van der Waals surface area contributed by atoms with Crippen LogP contribution in [-0.4, -0.2) is 32.5 Å². The molecule has 0 aliphatic carbocycles. The predicted octanol–water partition coefficient (Wildman–Crippen LogP) is 5.93. The van der Waals surface area contributed by atoms with Crippen LogP contribution in [0.2, 0.25) is 0 Å². The Hall–Kier alpha value is -3.71. The van der Waals surface area contributed by atoms with Crippen molar-refractivity contribution in [2.45, 2.75) is 25.3 Å². The third-order valence-electron chi connectivity index (χ3n) is 4.81. The summed E-state index contributed by atoms with van der Waals surface area (Å²) in [5.74, 6) is -0.711. The number of halogens is 1. The van der Waals surface area contributed by atoms with E-state index in [0.29, 0.717) is 18.8 Å². The molecule has 1 heterocycles. The Morgan fingerprint density at radius 1 is 1.11 bits per heavy atom. The molecule has 0 bridgehead atoms. The highest BCUT2D eigenvalue weighted by atomic mass is 32.3. The fraction of sp³-hybridized carbons (Fsp3) is 0.227. The number of hydrogen-bond donors (Lipinski definition) is 0. The number of esters is 1. The maximum atomic E-state index is 13.1. The Bertz CT molecular complexity index is 1340. The van der Waals surface area contributed by atoms with Crippen molar-refractivity contribution in [3.63, 3.8) is 0 Å². The van der Waals surface area contributed by atoms with Gasteiger partial charge >= 0.3 is 21.2 Å². The van der Waals surface area contributed by atoms with Gasteiger partial charge in [0.25, 0.3) is 0 Å². The average molecular weight is 521 g/mol. The zero-order chi connectivity index (χ0) is 25.6. The summed E-state index contributed by atoms with van der Waals surface area (Å²) in [6.45, 7) is 4.81. The highest BCUT2D eigenvalue weighted by Crippen LogP contribution is 2.37. The number of thiophene rings is 1. The van der Waals surface area contributed by atoms with Crippen LogP contribution in [0.15, 0.2) is 69.7 Å². The summed E-state index contributed by atoms with van der Waals surface area (Å²) in [5.41, 5.74) is 2.10. The Labute approximate surface area is 205 Å². The summed E-state index contributed by atoms with van der Waals surface area (Å²) in [6.07, 6.45) is 0. The van der Waals surface area contributed by atoms with E-state index in [2.05, 4.69) is 10.2 Å². The molecule has 0 amide bonds. The van der Waals surface area contributed by atoms with Gasteiger partial charge in [-0.05, 0) is 67.1 Å². The lowest BCUT2D eigenvalue weighted by atomic mass is 10.2. The molecule has 0 saturated carbocycles. The van der Waals surface area contributed by atoms with Gasteiger partial charge in [-0.25, -0.2) is 4.79 Å². The van der Waals surface area contributed by atoms with Crippen molar-refractivity contribution in [2.24, 2.45) is 10.2 Å². The molecule has 184 valence electrons. The van der Waals surface area contributed by atoms with Gasteiger partial charge in [-0.2, -0.15) is 8.42 Å². The number of benzene rings is 2. The van der Waals surface area contributed by atoms with Gasteiger partial charge in [-0.3, -0.25) is 10.1 Å². The van der Waals surface area contributed by atoms with Crippen molar-refractivity contribution in [3.8, 4) is 0 Å². The van der Waals surface area contributed by atoms with E-state index >= 15 is 0 Å². The Morgan fingerprint density at radius 3 is 2.31 bits per heavy atom. The van der Waals surface area contributed by atoms with E-state index in [0.717, 1.165) is 28.7 Å². The van der Waals surface area contributed by atoms with Gasteiger partial charge in [-0.15, -0.1) is 14.1 Å². The van der Waals surface area contributed by atoms with Crippen LogP contribution in [0.4, 0.5) is 25.3 Å². The second-order valence-electron chi connectivity index (χ2n) is 7.09. The minimum absolute atomic E-state index is 0.0207. The second kappa shape index (κ2) is 11.1. The number of carbonyl (C=O) groups is 1. The Balaban J connectivity index is 1.76. The van der Waals surface area contributed by atoms with Gasteiger partial charge in [0, 0.05) is 24.8 Å². The molecule has 3 aromatic rings. The lowest BCUT2D eigenvalue weighted by Crippen LogP contribution is -2.21. The topological polar surface area (TPSA) is 132 Å². The van der Waals surface area contributed by atoms with Crippen molar-refractivity contribution in [3.05, 3.63) is 75.8 Å². The molecule has 0 fully saturated rings. The largest absolute Gasteiger partial charge is 0.462 e. The van der Waals surface area contributed by atoms with E-state index < -0.39 is 21.1 Å². The number of anilines is 1. The third-order valence-corrected chi connectivity index (χ3v) is 6.61. The van der Waals surface area contributed by atoms with E-state index in [9.17, 15) is 27.2 Å². The van der Waals surface area contributed by atoms with Crippen molar-refractivity contribution >= 4 is 48.9 Å². The van der Waals surface area contributed by atoms with Crippen LogP contribution in [0.3, 0.4) is 0 Å². The first kappa shape index (κ1) is 25.9. The lowest BCUT2D eigenvalue weighted by molar-refractivity contribution is -0.380. The standard InChI is InChI=1S/C22H21FN4O6S2/c1-3-26(14-15-5-11-18(12-6-15)35(23,31)32)17-9-7-16(8-10-17)24-25-21-19(22(28)33-4-2)13-20(34-21)27(29)30/h5-13H,3-4,14H2,1-2H3. The summed E-state index contributed by atoms with van der Waals surface area (Å²) in [6, 6.07) is 13.7. The molecule has 13 heteroatoms. The summed E-state index contributed by atoms with van der Waals surface area (Å²) in [7, 11) is -4.74. The van der Waals surface area contributed by atoms with E-state index in [-0.39, 0.29) is 27.1 Å². The smallest absolute Gasteiger partial charge is 0.341 e. The van der Waals surface area contributed by atoms with Gasteiger partial charge in [0.05, 0.1) is 22.1 Å². The molecule has 0 unspecified atom stereocenters. The minimum atomic E-state index is -4.74. The predicted molar refractivity (Wildman–Crippen MR) is 129 cm³/mol. The Morgan fingerprint density at radius 2 is 1.77 bits per heavy atom. The molecule has 0 aliphatic rings. The molecule has 0 radical (unpaired) electrons. The molecule has 0 atom stereocenters. The van der Waals surface area contributed by atoms with Crippen molar-refractivity contribution in [1.29, 1.82) is 0 Å². The SMILES string of the molecule is CCOC(=O)c1cc([N+](=O)[O-])sc1N=Nc1ccc(N(CC)Cc2ccc(S(=O)(=O)F)cc2)cc1. The van der Waals surface area contributed by atoms with Crippen molar-refractivity contribution < 1.29 is 26.8 Å². The van der Waals surface area contributed by atoms with Crippen LogP contribution in [0.5, 0.6) is 0 Å². The highest BCUT2D eigenvalue weighted by Gasteiger charge is 2.23. The van der Waals surface area contributed by atoms with Crippen LogP contribution in [0.25, 0.3) is 0 Å². The van der Waals surface area contributed by atoms with Gasteiger partial charge in [0.1, 0.15) is 5.56 Å². The number of ether oxygens (including phenoxy) is 1. The summed E-state index contributed by atoms with van der Waals surface area (Å²) < 4.78 is 40.0. The van der Waals surface area contributed by atoms with E-state index in [1.165, 1.54) is 12.1 Å². The van der Waals surface area contributed by atoms with Crippen LogP contribution in [-0.2, 0) is 21.5 Å². The van der Waals surface area contributed by atoms with Gasteiger partial charge in [-0.1, -0.05) is 12.1 Å². The molecule has 0 spiro atoms. The molecular weight excluding hydrogens is 499 g/mol. The van der Waals surface area contributed by atoms with Crippen LogP contribution >= 0.6 is 11.3 Å². The zero-order valence-corrected chi connectivity index (χ0v) is 20.4. The van der Waals surface area contributed by atoms with E-state index in [4.69, 9.17) is 4.74 Å². The fourth-order valence-corrected chi connectivity index (χ4v) is 4.33. The fourth-order valence-electron chi connectivity index (χ4n) is 3.08. The van der Waals surface area contributed by atoms with Crippen molar-refractivity contribution in [2.75, 3.05) is 18.1 Å². The zero-order valence-electron chi connectivity index (χ0n) is 18.8. The summed E-state index contributed by atoms with van der Waals surface area (Å²) in [4.78, 5) is 24.2. The summed E-state index contributed by atoms with van der Waals surface area (Å²) >= 11 is 0.727. The number of nitrogens with zero attached hydrogens (tertiary/aromatic N) is 4. The van der Waals surface area contributed by atoms with Gasteiger partial charge in [0.15, 0.2) is 5.00 Å². The molecule has 0 saturated heterocycles. The summed E-state index contributed by atoms with van der Waals surface area (Å²) in [5, 5.41) is 19.0. The van der Waals surface area contributed by atoms with E-state index in [1.54, 1.807) is 43.3 Å². The number of rotatable bonds is 10. The highest BCUT2D eigenvalue weighted by molar-refractivity contribution is 7.86. The van der Waals surface area contributed by atoms with Crippen molar-refractivity contribution in [1.82, 2.24) is 0 Å². The molecular formula is C22H21FN4O6S2. The van der Waals surface area contributed by atoms with Crippen LogP contribution in [0, 0.1) is 10.1 Å². The molecule has 3 rings (SSSR count). The van der Waals surface area contributed by atoms with Gasteiger partial charge < -0.3 is 9.64 Å². The molecule has 10 nitrogen and oxygen atoms in total. The first-order chi connectivity index (χ1) is 16.6. The number of hydrogen-bond acceptors (Lipinski definition) is 10. The maximum absolute atomic E-state index is 13.1. The van der Waals surface area contributed by atoms with Crippen LogP contribution < -0.4 is 4.90 Å². The monoisotopic (exact) mass is 520 g/mol. The number of azo groups is 1. The van der Waals surface area contributed by atoms with E-state index in [1.807, 2.05) is 11.8 Å². The number of nitro groups is 1. The molecule has 0 N–H and O–H groups in total. The molecule has 2 aromatic carbocycles. The lowest BCUT2D eigenvalue weighted by Gasteiger charge is -2.23. The average Bonchev–Trinajstić information content (AvgIpc) is 3.26. The maximum Gasteiger partial charge on any atom is 0.341 e. The molecule has 1 aromatic heterocycles. The number of carbonyl (C=O) groups excluding carboxylic acids is 1. The first-order valence-corrected chi connectivity index (χ1v) is 12.6. The Kier molecular flexibility index (Phi) is 8.25. The second-order valence-corrected chi connectivity index (χ2v) is 9.45. The minimum Gasteiger partial charge on any atom is -0.462 e. The normalized spacial score (nSPS) is 11.5. The molecule has 35 heavy (non-hydrogen) atoms.